The highest BCUT2D eigenvalue weighted by molar-refractivity contribution is 5.99. The van der Waals surface area contributed by atoms with Crippen molar-refractivity contribution in [3.05, 3.63) is 24.1 Å². The van der Waals surface area contributed by atoms with Gasteiger partial charge in [0.05, 0.1) is 18.3 Å². The van der Waals surface area contributed by atoms with Gasteiger partial charge in [0, 0.05) is 45.4 Å². The van der Waals surface area contributed by atoms with Crippen LogP contribution in [0.15, 0.2) is 22.8 Å². The maximum absolute atomic E-state index is 12.2. The predicted octanol–water partition coefficient (Wildman–Crippen LogP) is 0.275. The van der Waals surface area contributed by atoms with Crippen LogP contribution in [-0.2, 0) is 11.8 Å². The van der Waals surface area contributed by atoms with Crippen molar-refractivity contribution in [2.45, 2.75) is 0 Å². The number of nitrogens with zero attached hydrogens (tertiary/aromatic N) is 3. The summed E-state index contributed by atoms with van der Waals surface area (Å²) in [6.07, 6.45) is 1.59. The van der Waals surface area contributed by atoms with Gasteiger partial charge in [0.15, 0.2) is 5.58 Å². The van der Waals surface area contributed by atoms with Crippen LogP contribution in [0.5, 0.6) is 0 Å². The molecule has 1 aliphatic rings. The zero-order chi connectivity index (χ0) is 15.7. The second-order valence-corrected chi connectivity index (χ2v) is 5.63. The monoisotopic (exact) mass is 304 g/mol. The van der Waals surface area contributed by atoms with Crippen molar-refractivity contribution in [3.63, 3.8) is 0 Å². The number of rotatable bonds is 3. The number of piperazine rings is 1. The van der Waals surface area contributed by atoms with E-state index in [1.54, 1.807) is 28.8 Å². The van der Waals surface area contributed by atoms with Crippen LogP contribution >= 0.6 is 0 Å². The van der Waals surface area contributed by atoms with Crippen LogP contribution in [0.4, 0.5) is 0 Å². The summed E-state index contributed by atoms with van der Waals surface area (Å²) in [6, 6.07) is 3.49. The van der Waals surface area contributed by atoms with Crippen molar-refractivity contribution in [1.29, 1.82) is 0 Å². The molecule has 0 aromatic carbocycles. The number of aryl methyl sites for hydroxylation is 1. The minimum absolute atomic E-state index is 0.0229. The molecule has 1 fully saturated rings. The third-order valence-electron chi connectivity index (χ3n) is 4.15. The second-order valence-electron chi connectivity index (χ2n) is 5.63. The zero-order valence-electron chi connectivity index (χ0n) is 12.8. The van der Waals surface area contributed by atoms with Gasteiger partial charge in [-0.15, -0.1) is 0 Å². The first-order valence-corrected chi connectivity index (χ1v) is 7.33. The molecule has 3 rings (SSSR count). The van der Waals surface area contributed by atoms with Gasteiger partial charge in [-0.1, -0.05) is 0 Å². The zero-order valence-corrected chi connectivity index (χ0v) is 12.8. The van der Waals surface area contributed by atoms with E-state index < -0.39 is 0 Å². The van der Waals surface area contributed by atoms with E-state index in [1.165, 1.54) is 0 Å². The molecule has 118 valence electrons. The number of nitrogens with one attached hydrogen (secondary N) is 1. The fraction of sp³-hybridized carbons (Fsp3) is 0.467. The van der Waals surface area contributed by atoms with Crippen molar-refractivity contribution in [1.82, 2.24) is 19.7 Å². The maximum atomic E-state index is 12.2. The average molecular weight is 304 g/mol. The Kier molecular flexibility index (Phi) is 3.89. The summed E-state index contributed by atoms with van der Waals surface area (Å²) in [5.41, 5.74) is 2.01. The van der Waals surface area contributed by atoms with Gasteiger partial charge in [-0.05, 0) is 7.05 Å². The number of furan rings is 1. The molecule has 0 radical (unpaired) electrons. The highest BCUT2D eigenvalue weighted by atomic mass is 16.3. The lowest BCUT2D eigenvalue weighted by atomic mass is 10.3. The predicted molar refractivity (Wildman–Crippen MR) is 81.6 cm³/mol. The first-order valence-electron chi connectivity index (χ1n) is 7.33. The Balaban J connectivity index is 1.59. The van der Waals surface area contributed by atoms with Gasteiger partial charge in [0.1, 0.15) is 5.69 Å². The van der Waals surface area contributed by atoms with E-state index in [0.717, 1.165) is 18.6 Å². The molecule has 0 atom stereocenters. The summed E-state index contributed by atoms with van der Waals surface area (Å²) in [5, 5.41) is 2.69. The number of carbonyl (C=O) groups excluding carboxylic acids is 2. The van der Waals surface area contributed by atoms with Crippen LogP contribution in [0, 0.1) is 0 Å². The average Bonchev–Trinajstić information content (AvgIpc) is 3.08. The summed E-state index contributed by atoms with van der Waals surface area (Å²) >= 11 is 0. The summed E-state index contributed by atoms with van der Waals surface area (Å²) in [7, 11) is 3.84. The Morgan fingerprint density at radius 3 is 2.64 bits per heavy atom. The fourth-order valence-electron chi connectivity index (χ4n) is 2.68. The lowest BCUT2D eigenvalue weighted by molar-refractivity contribution is -0.131. The molecule has 7 nitrogen and oxygen atoms in total. The topological polar surface area (TPSA) is 70.7 Å². The van der Waals surface area contributed by atoms with E-state index in [4.69, 9.17) is 4.42 Å². The Labute approximate surface area is 128 Å². The van der Waals surface area contributed by atoms with Gasteiger partial charge in [0.2, 0.25) is 5.91 Å². The van der Waals surface area contributed by atoms with Crippen molar-refractivity contribution in [2.75, 3.05) is 39.8 Å². The number of aromatic nitrogens is 1. The summed E-state index contributed by atoms with van der Waals surface area (Å²) in [4.78, 5) is 28.3. The second kappa shape index (κ2) is 5.84. The van der Waals surface area contributed by atoms with Gasteiger partial charge < -0.3 is 24.1 Å². The molecule has 0 bridgehead atoms. The first kappa shape index (κ1) is 14.6. The molecule has 22 heavy (non-hydrogen) atoms. The van der Waals surface area contributed by atoms with Crippen LogP contribution in [0.25, 0.3) is 11.1 Å². The molecule has 7 heteroatoms. The highest BCUT2D eigenvalue weighted by Crippen LogP contribution is 2.19. The van der Waals surface area contributed by atoms with Crippen LogP contribution in [0.2, 0.25) is 0 Å². The van der Waals surface area contributed by atoms with Crippen molar-refractivity contribution in [2.24, 2.45) is 7.05 Å². The number of hydrogen-bond donors (Lipinski definition) is 1. The molecule has 0 saturated carbocycles. The molecule has 1 saturated heterocycles. The molecule has 3 heterocycles. The molecule has 2 amide bonds. The molecular weight excluding hydrogens is 284 g/mol. The minimum Gasteiger partial charge on any atom is -0.463 e. The Morgan fingerprint density at radius 1 is 1.23 bits per heavy atom. The van der Waals surface area contributed by atoms with E-state index in [9.17, 15) is 9.59 Å². The third-order valence-corrected chi connectivity index (χ3v) is 4.15. The Hall–Kier alpha value is -2.28. The number of fused-ring (bicyclic) bond motifs is 1. The largest absolute Gasteiger partial charge is 0.463 e. The SMILES string of the molecule is CN1CCN(C(=O)CNC(=O)c2cc3occc3n2C)CC1. The normalized spacial score (nSPS) is 16.2. The van der Waals surface area contributed by atoms with Gasteiger partial charge in [-0.3, -0.25) is 9.59 Å². The standard InChI is InChI=1S/C15H20N4O3/c1-17-4-6-19(7-5-17)14(20)10-16-15(21)12-9-13-11(18(12)2)3-8-22-13/h3,8-9H,4-7,10H2,1-2H3,(H,16,21). The molecule has 0 aliphatic carbocycles. The first-order chi connectivity index (χ1) is 10.6. The minimum atomic E-state index is -0.267. The number of carbonyl (C=O) groups is 2. The molecule has 2 aromatic heterocycles. The molecule has 0 spiro atoms. The van der Waals surface area contributed by atoms with E-state index in [0.29, 0.717) is 24.4 Å². The Bertz CT molecular complexity index is 695. The van der Waals surface area contributed by atoms with Crippen molar-refractivity contribution < 1.29 is 14.0 Å². The summed E-state index contributed by atoms with van der Waals surface area (Å²) in [6.45, 7) is 3.18. The molecule has 1 N–H and O–H groups in total. The molecule has 1 aliphatic heterocycles. The van der Waals surface area contributed by atoms with Gasteiger partial charge in [0.25, 0.3) is 5.91 Å². The molecule has 0 unspecified atom stereocenters. The van der Waals surface area contributed by atoms with Crippen molar-refractivity contribution >= 4 is 22.9 Å². The smallest absolute Gasteiger partial charge is 0.268 e. The van der Waals surface area contributed by atoms with Crippen LogP contribution in [0.1, 0.15) is 10.5 Å². The summed E-state index contributed by atoms with van der Waals surface area (Å²) in [5.74, 6) is -0.310. The van der Waals surface area contributed by atoms with E-state index in [2.05, 4.69) is 10.2 Å². The highest BCUT2D eigenvalue weighted by Gasteiger charge is 2.20. The fourth-order valence-corrected chi connectivity index (χ4v) is 2.68. The van der Waals surface area contributed by atoms with Crippen LogP contribution < -0.4 is 5.32 Å². The van der Waals surface area contributed by atoms with E-state index >= 15 is 0 Å². The molecule has 2 aromatic rings. The third kappa shape index (κ3) is 2.71. The van der Waals surface area contributed by atoms with E-state index in [-0.39, 0.29) is 18.4 Å². The lowest BCUT2D eigenvalue weighted by Crippen LogP contribution is -2.50. The van der Waals surface area contributed by atoms with Crippen molar-refractivity contribution in [3.8, 4) is 0 Å². The number of hydrogen-bond acceptors (Lipinski definition) is 4. The van der Waals surface area contributed by atoms with Gasteiger partial charge in [-0.25, -0.2) is 0 Å². The van der Waals surface area contributed by atoms with E-state index in [1.807, 2.05) is 13.1 Å². The lowest BCUT2D eigenvalue weighted by Gasteiger charge is -2.32. The quantitative estimate of drug-likeness (QED) is 0.884. The Morgan fingerprint density at radius 2 is 1.95 bits per heavy atom. The number of likely N-dealkylation sites (N-methyl/N-ethyl adjacent to an activating group) is 1. The van der Waals surface area contributed by atoms with Gasteiger partial charge >= 0.3 is 0 Å². The molecular formula is C15H20N4O3. The van der Waals surface area contributed by atoms with Crippen LogP contribution in [-0.4, -0.2) is 66.0 Å². The van der Waals surface area contributed by atoms with Gasteiger partial charge in [-0.2, -0.15) is 0 Å². The summed E-state index contributed by atoms with van der Waals surface area (Å²) < 4.78 is 7.04. The maximum Gasteiger partial charge on any atom is 0.268 e. The van der Waals surface area contributed by atoms with Crippen LogP contribution in [0.3, 0.4) is 0 Å². The number of amides is 2.